The molecule has 0 saturated carbocycles. The van der Waals surface area contributed by atoms with Gasteiger partial charge in [0.05, 0.1) is 0 Å². The van der Waals surface area contributed by atoms with Gasteiger partial charge in [-0.25, -0.2) is 0 Å². The molecule has 0 saturated heterocycles. The van der Waals surface area contributed by atoms with Crippen LogP contribution in [0.15, 0.2) is 18.3 Å². The molecule has 0 aromatic carbocycles. The molecule has 0 N–H and O–H groups in total. The number of hydrogen-bond donors (Lipinski definition) is 0. The summed E-state index contributed by atoms with van der Waals surface area (Å²) in [5, 5.41) is 0. The van der Waals surface area contributed by atoms with E-state index in [2.05, 4.69) is 36.7 Å². The van der Waals surface area contributed by atoms with Gasteiger partial charge in [0.25, 0.3) is 0 Å². The van der Waals surface area contributed by atoms with E-state index in [0.717, 1.165) is 6.42 Å². The molecule has 1 rings (SSSR count). The van der Waals surface area contributed by atoms with Crippen molar-refractivity contribution < 1.29 is 0 Å². The van der Waals surface area contributed by atoms with Crippen LogP contribution >= 0.6 is 0 Å². The lowest BCUT2D eigenvalue weighted by molar-refractivity contribution is 0.543. The van der Waals surface area contributed by atoms with Crippen LogP contribution in [-0.4, -0.2) is 4.57 Å². The summed E-state index contributed by atoms with van der Waals surface area (Å²) in [5.41, 5.74) is 1.48. The molecule has 0 fully saturated rings. The van der Waals surface area contributed by atoms with Gasteiger partial charge in [-0.3, -0.25) is 0 Å². The third kappa shape index (κ3) is 4.87. The number of aryl methyl sites for hydroxylation is 2. The molecule has 0 spiro atoms. The Morgan fingerprint density at radius 1 is 0.938 bits per heavy atom. The van der Waals surface area contributed by atoms with Crippen molar-refractivity contribution in [2.45, 2.75) is 71.8 Å². The van der Waals surface area contributed by atoms with Crippen LogP contribution in [0.25, 0.3) is 0 Å². The molecule has 0 bridgehead atoms. The molecule has 1 nitrogen and oxygen atoms in total. The summed E-state index contributed by atoms with van der Waals surface area (Å²) < 4.78 is 2.41. The first-order valence-electron chi connectivity index (χ1n) is 7.02. The largest absolute Gasteiger partial charge is 0.351 e. The molecule has 0 amide bonds. The second-order valence-corrected chi connectivity index (χ2v) is 4.67. The second kappa shape index (κ2) is 8.43. The maximum absolute atomic E-state index is 2.41. The molecule has 0 radical (unpaired) electrons. The van der Waals surface area contributed by atoms with Crippen LogP contribution in [-0.2, 0) is 13.0 Å². The third-order valence-corrected chi connectivity index (χ3v) is 3.29. The number of nitrogens with zero attached hydrogens (tertiary/aromatic N) is 1. The Balaban J connectivity index is 2.03. The summed E-state index contributed by atoms with van der Waals surface area (Å²) in [7, 11) is 0. The highest BCUT2D eigenvalue weighted by Crippen LogP contribution is 2.09. The van der Waals surface area contributed by atoms with Crippen LogP contribution in [0.2, 0.25) is 0 Å². The fourth-order valence-corrected chi connectivity index (χ4v) is 2.23. The molecule has 1 aromatic heterocycles. The van der Waals surface area contributed by atoms with Crippen molar-refractivity contribution >= 4 is 0 Å². The van der Waals surface area contributed by atoms with Crippen LogP contribution in [0, 0.1) is 0 Å². The number of hydrogen-bond acceptors (Lipinski definition) is 0. The van der Waals surface area contributed by atoms with Gasteiger partial charge in [-0.1, -0.05) is 52.4 Å². The molecule has 92 valence electrons. The summed E-state index contributed by atoms with van der Waals surface area (Å²) in [6.07, 6.45) is 13.2. The summed E-state index contributed by atoms with van der Waals surface area (Å²) in [5.74, 6) is 0. The zero-order chi connectivity index (χ0) is 11.6. The fourth-order valence-electron chi connectivity index (χ4n) is 2.23. The van der Waals surface area contributed by atoms with E-state index in [1.807, 2.05) is 0 Å². The van der Waals surface area contributed by atoms with Crippen LogP contribution in [0.3, 0.4) is 0 Å². The lowest BCUT2D eigenvalue weighted by atomic mass is 10.1. The zero-order valence-electron chi connectivity index (χ0n) is 11.0. The smallest absolute Gasteiger partial charge is 0.0222 e. The van der Waals surface area contributed by atoms with Gasteiger partial charge >= 0.3 is 0 Å². The molecule has 0 atom stereocenters. The van der Waals surface area contributed by atoms with Gasteiger partial charge in [-0.15, -0.1) is 0 Å². The van der Waals surface area contributed by atoms with E-state index in [9.17, 15) is 0 Å². The van der Waals surface area contributed by atoms with Crippen LogP contribution in [0.4, 0.5) is 0 Å². The standard InChI is InChI=1S/C15H27N/c1-3-5-6-7-8-9-10-13-16-14-11-12-15(16)4-2/h11-12,14H,3-10,13H2,1-2H3. The summed E-state index contributed by atoms with van der Waals surface area (Å²) in [4.78, 5) is 0. The van der Waals surface area contributed by atoms with Gasteiger partial charge in [0.2, 0.25) is 0 Å². The topological polar surface area (TPSA) is 4.93 Å². The molecular formula is C15H27N. The van der Waals surface area contributed by atoms with Gasteiger partial charge < -0.3 is 4.57 Å². The third-order valence-electron chi connectivity index (χ3n) is 3.29. The van der Waals surface area contributed by atoms with Gasteiger partial charge in [-0.05, 0) is 25.0 Å². The highest BCUT2D eigenvalue weighted by atomic mass is 15.0. The van der Waals surface area contributed by atoms with E-state index in [0.29, 0.717) is 0 Å². The predicted octanol–water partition coefficient (Wildman–Crippen LogP) is 4.80. The van der Waals surface area contributed by atoms with E-state index in [4.69, 9.17) is 0 Å². The van der Waals surface area contributed by atoms with Crippen LogP contribution < -0.4 is 0 Å². The molecule has 0 aliphatic heterocycles. The first kappa shape index (κ1) is 13.3. The minimum Gasteiger partial charge on any atom is -0.351 e. The minimum atomic E-state index is 1.16. The molecule has 0 aliphatic carbocycles. The SMILES string of the molecule is CCCCCCCCCn1cccc1CC. The van der Waals surface area contributed by atoms with Crippen LogP contribution in [0.1, 0.15) is 64.5 Å². The quantitative estimate of drug-likeness (QED) is 0.528. The molecular weight excluding hydrogens is 194 g/mol. The van der Waals surface area contributed by atoms with E-state index < -0.39 is 0 Å². The fraction of sp³-hybridized carbons (Fsp3) is 0.733. The lowest BCUT2D eigenvalue weighted by Crippen LogP contribution is -2.00. The highest BCUT2D eigenvalue weighted by Gasteiger charge is 1.97. The molecule has 0 unspecified atom stereocenters. The lowest BCUT2D eigenvalue weighted by Gasteiger charge is -2.07. The van der Waals surface area contributed by atoms with E-state index in [-0.39, 0.29) is 0 Å². The van der Waals surface area contributed by atoms with Crippen molar-refractivity contribution in [2.75, 3.05) is 0 Å². The Morgan fingerprint density at radius 2 is 1.62 bits per heavy atom. The Labute approximate surface area is 101 Å². The van der Waals surface area contributed by atoms with E-state index in [1.165, 1.54) is 57.2 Å². The molecule has 1 heterocycles. The predicted molar refractivity (Wildman–Crippen MR) is 71.8 cm³/mol. The monoisotopic (exact) mass is 221 g/mol. The number of unbranched alkanes of at least 4 members (excludes halogenated alkanes) is 6. The summed E-state index contributed by atoms with van der Waals surface area (Å²) in [6, 6.07) is 4.40. The van der Waals surface area contributed by atoms with Crippen molar-refractivity contribution in [1.29, 1.82) is 0 Å². The first-order chi connectivity index (χ1) is 7.88. The van der Waals surface area contributed by atoms with Gasteiger partial charge in [-0.2, -0.15) is 0 Å². The van der Waals surface area contributed by atoms with Gasteiger partial charge in [0.15, 0.2) is 0 Å². The maximum Gasteiger partial charge on any atom is 0.0222 e. The number of aromatic nitrogens is 1. The van der Waals surface area contributed by atoms with Crippen LogP contribution in [0.5, 0.6) is 0 Å². The van der Waals surface area contributed by atoms with Gasteiger partial charge in [0.1, 0.15) is 0 Å². The molecule has 0 aliphatic rings. The zero-order valence-corrected chi connectivity index (χ0v) is 11.0. The van der Waals surface area contributed by atoms with Crippen molar-refractivity contribution in [3.8, 4) is 0 Å². The highest BCUT2D eigenvalue weighted by molar-refractivity contribution is 5.06. The Bertz CT molecular complexity index is 262. The normalized spacial score (nSPS) is 10.9. The Kier molecular flexibility index (Phi) is 7.03. The van der Waals surface area contributed by atoms with E-state index >= 15 is 0 Å². The summed E-state index contributed by atoms with van der Waals surface area (Å²) in [6.45, 7) is 5.72. The maximum atomic E-state index is 2.41. The average Bonchev–Trinajstić information content (AvgIpc) is 2.75. The molecule has 16 heavy (non-hydrogen) atoms. The van der Waals surface area contributed by atoms with Crippen molar-refractivity contribution in [3.63, 3.8) is 0 Å². The molecule has 1 aromatic rings. The Hall–Kier alpha value is -0.720. The first-order valence-corrected chi connectivity index (χ1v) is 7.02. The van der Waals surface area contributed by atoms with Gasteiger partial charge in [0, 0.05) is 18.4 Å². The second-order valence-electron chi connectivity index (χ2n) is 4.67. The van der Waals surface area contributed by atoms with Crippen molar-refractivity contribution in [1.82, 2.24) is 4.57 Å². The van der Waals surface area contributed by atoms with E-state index in [1.54, 1.807) is 0 Å². The Morgan fingerprint density at radius 3 is 2.31 bits per heavy atom. The number of rotatable bonds is 9. The summed E-state index contributed by atoms with van der Waals surface area (Å²) >= 11 is 0. The van der Waals surface area contributed by atoms with Crippen molar-refractivity contribution in [2.24, 2.45) is 0 Å². The minimum absolute atomic E-state index is 1.16. The molecule has 1 heteroatoms. The average molecular weight is 221 g/mol. The van der Waals surface area contributed by atoms with Crippen molar-refractivity contribution in [3.05, 3.63) is 24.0 Å².